The molecule has 4 heteroatoms. The smallest absolute Gasteiger partial charge is 0.324 e. The largest absolute Gasteiger partial charge is 0.468 e. The Balaban J connectivity index is 2.07. The molecule has 96 valence electrons. The zero-order valence-corrected chi connectivity index (χ0v) is 10.6. The van der Waals surface area contributed by atoms with E-state index in [0.717, 1.165) is 12.0 Å². The van der Waals surface area contributed by atoms with Crippen molar-refractivity contribution in [1.82, 2.24) is 0 Å². The molecular weight excluding hydrogens is 232 g/mol. The second-order valence-corrected chi connectivity index (χ2v) is 5.40. The fraction of sp³-hybridized carbons (Fsp3) is 0.571. The van der Waals surface area contributed by atoms with Crippen molar-refractivity contribution in [2.45, 2.75) is 12.8 Å². The van der Waals surface area contributed by atoms with Gasteiger partial charge in [0.2, 0.25) is 0 Å². The summed E-state index contributed by atoms with van der Waals surface area (Å²) in [5.74, 6) is -0.465. The SMILES string of the molecule is C=C1[C@@H]2C=C[C@@H](C2)[C@@]12CC2(C(=O)OC)C(=O)OC. The highest BCUT2D eigenvalue weighted by molar-refractivity contribution is 6.06. The average Bonchev–Trinajstić information content (AvgIpc) is 2.73. The molecule has 3 rings (SSSR count). The molecule has 18 heavy (non-hydrogen) atoms. The van der Waals surface area contributed by atoms with E-state index < -0.39 is 22.8 Å². The van der Waals surface area contributed by atoms with Crippen molar-refractivity contribution in [2.24, 2.45) is 22.7 Å². The average molecular weight is 248 g/mol. The Kier molecular flexibility index (Phi) is 2.08. The van der Waals surface area contributed by atoms with Gasteiger partial charge in [0, 0.05) is 5.41 Å². The van der Waals surface area contributed by atoms with Gasteiger partial charge < -0.3 is 9.47 Å². The lowest BCUT2D eigenvalue weighted by Crippen LogP contribution is -2.36. The zero-order chi connectivity index (χ0) is 13.1. The molecule has 2 fully saturated rings. The Morgan fingerprint density at radius 3 is 2.33 bits per heavy atom. The van der Waals surface area contributed by atoms with Crippen LogP contribution < -0.4 is 0 Å². The topological polar surface area (TPSA) is 52.6 Å². The van der Waals surface area contributed by atoms with Gasteiger partial charge in [-0.05, 0) is 24.7 Å². The summed E-state index contributed by atoms with van der Waals surface area (Å²) >= 11 is 0. The monoisotopic (exact) mass is 248 g/mol. The summed E-state index contributed by atoms with van der Waals surface area (Å²) in [4.78, 5) is 24.2. The van der Waals surface area contributed by atoms with Crippen molar-refractivity contribution in [2.75, 3.05) is 14.2 Å². The summed E-state index contributed by atoms with van der Waals surface area (Å²) < 4.78 is 9.68. The minimum Gasteiger partial charge on any atom is -0.468 e. The van der Waals surface area contributed by atoms with E-state index in [9.17, 15) is 9.59 Å². The van der Waals surface area contributed by atoms with E-state index in [1.54, 1.807) is 0 Å². The number of rotatable bonds is 2. The van der Waals surface area contributed by atoms with Gasteiger partial charge in [0.15, 0.2) is 5.41 Å². The standard InChI is InChI=1S/C14H16O4/c1-8-9-4-5-10(6-9)13(8)7-14(13,11(15)17-2)12(16)18-3/h4-5,9-10H,1,6-7H2,2-3H3/t9-,10+,13-/m1/s1. The maximum absolute atomic E-state index is 12.1. The van der Waals surface area contributed by atoms with Gasteiger partial charge in [-0.2, -0.15) is 0 Å². The van der Waals surface area contributed by atoms with E-state index in [1.165, 1.54) is 14.2 Å². The first-order valence-electron chi connectivity index (χ1n) is 6.09. The van der Waals surface area contributed by atoms with Crippen LogP contribution in [0.25, 0.3) is 0 Å². The van der Waals surface area contributed by atoms with Gasteiger partial charge >= 0.3 is 11.9 Å². The first kappa shape index (κ1) is 11.5. The van der Waals surface area contributed by atoms with Crippen LogP contribution in [0.3, 0.4) is 0 Å². The molecule has 1 spiro atoms. The molecule has 0 radical (unpaired) electrons. The molecule has 0 aliphatic heterocycles. The van der Waals surface area contributed by atoms with Gasteiger partial charge in [-0.3, -0.25) is 9.59 Å². The van der Waals surface area contributed by atoms with Crippen LogP contribution >= 0.6 is 0 Å². The quantitative estimate of drug-likeness (QED) is 0.422. The fourth-order valence-corrected chi connectivity index (χ4v) is 4.04. The number of fused-ring (bicyclic) bond motifs is 3. The number of carbonyl (C=O) groups is 2. The van der Waals surface area contributed by atoms with Crippen molar-refractivity contribution >= 4 is 11.9 Å². The van der Waals surface area contributed by atoms with Crippen molar-refractivity contribution < 1.29 is 19.1 Å². The van der Waals surface area contributed by atoms with Crippen LogP contribution in [0.15, 0.2) is 24.3 Å². The number of allylic oxidation sites excluding steroid dienone is 3. The highest BCUT2D eigenvalue weighted by atomic mass is 16.5. The molecule has 0 heterocycles. The van der Waals surface area contributed by atoms with E-state index in [2.05, 4.69) is 18.7 Å². The van der Waals surface area contributed by atoms with Gasteiger partial charge in [-0.1, -0.05) is 24.3 Å². The third-order valence-electron chi connectivity index (χ3n) is 4.99. The molecule has 0 aromatic heterocycles. The minimum atomic E-state index is -1.16. The summed E-state index contributed by atoms with van der Waals surface area (Å²) in [7, 11) is 2.62. The molecule has 3 aliphatic carbocycles. The summed E-state index contributed by atoms with van der Waals surface area (Å²) in [6.07, 6.45) is 5.65. The molecule has 4 nitrogen and oxygen atoms in total. The van der Waals surface area contributed by atoms with Gasteiger partial charge in [-0.25, -0.2) is 0 Å². The molecule has 2 saturated carbocycles. The Morgan fingerprint density at radius 1 is 1.28 bits per heavy atom. The summed E-state index contributed by atoms with van der Waals surface area (Å²) in [5, 5.41) is 0. The molecule has 0 saturated heterocycles. The van der Waals surface area contributed by atoms with Crippen LogP contribution in [-0.4, -0.2) is 26.2 Å². The van der Waals surface area contributed by atoms with E-state index in [0.29, 0.717) is 12.3 Å². The second kappa shape index (κ2) is 3.25. The van der Waals surface area contributed by atoms with E-state index >= 15 is 0 Å². The minimum absolute atomic E-state index is 0.216. The fourth-order valence-electron chi connectivity index (χ4n) is 4.04. The lowest BCUT2D eigenvalue weighted by atomic mass is 9.78. The van der Waals surface area contributed by atoms with E-state index in [1.807, 2.05) is 0 Å². The molecule has 0 aromatic carbocycles. The van der Waals surface area contributed by atoms with Crippen molar-refractivity contribution in [3.63, 3.8) is 0 Å². The van der Waals surface area contributed by atoms with Crippen molar-refractivity contribution in [1.29, 1.82) is 0 Å². The normalized spacial score (nSPS) is 38.0. The molecule has 2 bridgehead atoms. The predicted molar refractivity (Wildman–Crippen MR) is 63.4 cm³/mol. The van der Waals surface area contributed by atoms with Crippen molar-refractivity contribution in [3.8, 4) is 0 Å². The molecule has 0 N–H and O–H groups in total. The highest BCUT2D eigenvalue weighted by Gasteiger charge is 2.83. The summed E-state index contributed by atoms with van der Waals surface area (Å²) in [5.41, 5.74) is -0.615. The first-order chi connectivity index (χ1) is 8.54. The van der Waals surface area contributed by atoms with Crippen LogP contribution in [0.1, 0.15) is 12.8 Å². The number of ether oxygens (including phenoxy) is 2. The van der Waals surface area contributed by atoms with Crippen molar-refractivity contribution in [3.05, 3.63) is 24.3 Å². The summed E-state index contributed by atoms with van der Waals surface area (Å²) in [6, 6.07) is 0. The molecular formula is C14H16O4. The number of methoxy groups -OCH3 is 2. The van der Waals surface area contributed by atoms with E-state index in [4.69, 9.17) is 9.47 Å². The van der Waals surface area contributed by atoms with Crippen LogP contribution in [0.4, 0.5) is 0 Å². The Bertz CT molecular complexity index is 474. The molecule has 3 atom stereocenters. The molecule has 0 unspecified atom stereocenters. The van der Waals surface area contributed by atoms with Gasteiger partial charge in [0.1, 0.15) is 0 Å². The molecule has 3 aliphatic rings. The zero-order valence-electron chi connectivity index (χ0n) is 10.6. The maximum Gasteiger partial charge on any atom is 0.324 e. The van der Waals surface area contributed by atoms with Crippen LogP contribution in [0.2, 0.25) is 0 Å². The summed E-state index contributed by atoms with van der Waals surface area (Å²) in [6.45, 7) is 4.11. The second-order valence-electron chi connectivity index (χ2n) is 5.40. The number of hydrogen-bond acceptors (Lipinski definition) is 4. The third kappa shape index (κ3) is 0.945. The Labute approximate surface area is 106 Å². The highest BCUT2D eigenvalue weighted by Crippen LogP contribution is 2.79. The number of carbonyl (C=O) groups excluding carboxylic acids is 2. The lowest BCUT2D eigenvalue weighted by molar-refractivity contribution is -0.163. The van der Waals surface area contributed by atoms with Crippen LogP contribution in [-0.2, 0) is 19.1 Å². The number of hydrogen-bond donors (Lipinski definition) is 0. The number of esters is 2. The third-order valence-corrected chi connectivity index (χ3v) is 4.99. The van der Waals surface area contributed by atoms with E-state index in [-0.39, 0.29) is 5.92 Å². The predicted octanol–water partition coefficient (Wildman–Crippen LogP) is 1.47. The molecule has 0 aromatic rings. The Hall–Kier alpha value is -1.58. The Morgan fingerprint density at radius 2 is 1.89 bits per heavy atom. The van der Waals surface area contributed by atoms with Gasteiger partial charge in [0.05, 0.1) is 14.2 Å². The van der Waals surface area contributed by atoms with Gasteiger partial charge in [-0.15, -0.1) is 0 Å². The van der Waals surface area contributed by atoms with Crippen LogP contribution in [0, 0.1) is 22.7 Å². The van der Waals surface area contributed by atoms with Crippen LogP contribution in [0.5, 0.6) is 0 Å². The first-order valence-corrected chi connectivity index (χ1v) is 6.09. The molecule has 0 amide bonds. The maximum atomic E-state index is 12.1. The lowest BCUT2D eigenvalue weighted by Gasteiger charge is -2.25. The van der Waals surface area contributed by atoms with Gasteiger partial charge in [0.25, 0.3) is 0 Å².